The largest absolute Gasteiger partial charge is 0.449 e. The molecule has 176 valence electrons. The zero-order valence-electron chi connectivity index (χ0n) is 18.2. The van der Waals surface area contributed by atoms with Gasteiger partial charge in [0.05, 0.1) is 11.0 Å². The molecule has 0 saturated carbocycles. The van der Waals surface area contributed by atoms with Crippen molar-refractivity contribution < 1.29 is 22.8 Å². The number of aryl methyl sites for hydroxylation is 2. The van der Waals surface area contributed by atoms with E-state index in [4.69, 9.17) is 0 Å². The molecule has 8 nitrogen and oxygen atoms in total. The molecule has 1 aliphatic rings. The van der Waals surface area contributed by atoms with Crippen LogP contribution < -0.4 is 5.32 Å². The van der Waals surface area contributed by atoms with Crippen LogP contribution in [0.2, 0.25) is 0 Å². The molecule has 1 aromatic carbocycles. The highest BCUT2D eigenvalue weighted by molar-refractivity contribution is 5.93. The normalized spacial score (nSPS) is 15.2. The molecule has 2 N–H and O–H groups in total. The number of aromatic amines is 1. The number of piperidine rings is 1. The van der Waals surface area contributed by atoms with Crippen LogP contribution in [0, 0.1) is 12.8 Å². The van der Waals surface area contributed by atoms with Crippen LogP contribution in [0.4, 0.5) is 18.9 Å². The van der Waals surface area contributed by atoms with Crippen LogP contribution >= 0.6 is 0 Å². The molecule has 0 atom stereocenters. The lowest BCUT2D eigenvalue weighted by Crippen LogP contribution is -2.39. The van der Waals surface area contributed by atoms with Gasteiger partial charge in [0.25, 0.3) is 0 Å². The van der Waals surface area contributed by atoms with Gasteiger partial charge in [-0.05, 0) is 49.9 Å². The van der Waals surface area contributed by atoms with Crippen LogP contribution in [-0.2, 0) is 22.3 Å². The number of nitrogens with zero attached hydrogens (tertiary/aromatic N) is 4. The van der Waals surface area contributed by atoms with Gasteiger partial charge in [-0.25, -0.2) is 4.98 Å². The summed E-state index contributed by atoms with van der Waals surface area (Å²) in [7, 11) is 0. The smallest absolute Gasteiger partial charge is 0.343 e. The molecule has 2 aromatic heterocycles. The number of hydrogen-bond acceptors (Lipinski definition) is 4. The average Bonchev–Trinajstić information content (AvgIpc) is 3.38. The Labute approximate surface area is 188 Å². The Kier molecular flexibility index (Phi) is 6.39. The lowest BCUT2D eigenvalue weighted by molar-refractivity contribution is -0.144. The molecular formula is C22H25F3N6O2. The molecule has 3 aromatic rings. The van der Waals surface area contributed by atoms with Crippen LogP contribution in [0.1, 0.15) is 37.2 Å². The Bertz CT molecular complexity index is 1140. The Morgan fingerprint density at radius 1 is 1.21 bits per heavy atom. The van der Waals surface area contributed by atoms with Gasteiger partial charge in [0, 0.05) is 50.1 Å². The minimum Gasteiger partial charge on any atom is -0.343 e. The summed E-state index contributed by atoms with van der Waals surface area (Å²) < 4.78 is 40.2. The monoisotopic (exact) mass is 462 g/mol. The number of rotatable bonds is 6. The van der Waals surface area contributed by atoms with Crippen molar-refractivity contribution in [2.75, 3.05) is 18.4 Å². The third-order valence-electron chi connectivity index (χ3n) is 5.94. The van der Waals surface area contributed by atoms with Crippen LogP contribution in [-0.4, -0.2) is 49.6 Å². The Balaban J connectivity index is 1.24. The number of benzene rings is 1. The first-order valence-corrected chi connectivity index (χ1v) is 10.8. The molecule has 1 fully saturated rings. The van der Waals surface area contributed by atoms with E-state index in [0.717, 1.165) is 18.5 Å². The fourth-order valence-corrected chi connectivity index (χ4v) is 4.07. The molecule has 0 unspecified atom stereocenters. The van der Waals surface area contributed by atoms with Gasteiger partial charge in [0.1, 0.15) is 0 Å². The number of fused-ring (bicyclic) bond motifs is 1. The van der Waals surface area contributed by atoms with Crippen molar-refractivity contribution in [2.24, 2.45) is 5.92 Å². The lowest BCUT2D eigenvalue weighted by atomic mass is 9.93. The fraction of sp³-hybridized carbons (Fsp3) is 0.455. The number of hydrogen-bond donors (Lipinski definition) is 2. The van der Waals surface area contributed by atoms with E-state index in [1.54, 1.807) is 10.9 Å². The van der Waals surface area contributed by atoms with E-state index in [-0.39, 0.29) is 28.8 Å². The van der Waals surface area contributed by atoms with Crippen LogP contribution in [0.25, 0.3) is 11.0 Å². The van der Waals surface area contributed by atoms with Crippen molar-refractivity contribution in [3.63, 3.8) is 0 Å². The summed E-state index contributed by atoms with van der Waals surface area (Å²) in [5, 5.41) is 6.93. The second-order valence-electron chi connectivity index (χ2n) is 8.34. The van der Waals surface area contributed by atoms with E-state index in [1.165, 1.54) is 18.2 Å². The van der Waals surface area contributed by atoms with E-state index >= 15 is 0 Å². The predicted octanol–water partition coefficient (Wildman–Crippen LogP) is 3.74. The van der Waals surface area contributed by atoms with E-state index in [9.17, 15) is 22.8 Å². The molecule has 0 bridgehead atoms. The number of carbonyl (C=O) groups is 2. The van der Waals surface area contributed by atoms with Crippen molar-refractivity contribution in [3.05, 3.63) is 42.0 Å². The Hall–Kier alpha value is -3.37. The molecular weight excluding hydrogens is 437 g/mol. The SMILES string of the molecule is Cc1ccnn1CCC(=O)N1CCC(CC(=O)Nc2ccc3nc(C(F)(F)F)[nH]c3c2)CC1. The van der Waals surface area contributed by atoms with Gasteiger partial charge in [0.2, 0.25) is 17.6 Å². The second kappa shape index (κ2) is 9.24. The van der Waals surface area contributed by atoms with Crippen molar-refractivity contribution in [3.8, 4) is 0 Å². The number of imidazole rings is 1. The molecule has 0 spiro atoms. The first-order valence-electron chi connectivity index (χ1n) is 10.8. The standard InChI is InChI=1S/C22H25F3N6O2/c1-14-4-8-26-31(14)11-7-20(33)30-9-5-15(6-10-30)12-19(32)27-16-2-3-17-18(13-16)29-21(28-17)22(23,24)25/h2-4,8,13,15H,5-7,9-12H2,1H3,(H,27,32)(H,28,29). The van der Waals surface area contributed by atoms with Crippen molar-refractivity contribution in [1.29, 1.82) is 0 Å². The Morgan fingerprint density at radius 3 is 2.64 bits per heavy atom. The van der Waals surface area contributed by atoms with E-state index in [0.29, 0.717) is 38.2 Å². The molecule has 1 saturated heterocycles. The van der Waals surface area contributed by atoms with Gasteiger partial charge in [0.15, 0.2) is 0 Å². The fourth-order valence-electron chi connectivity index (χ4n) is 4.07. The third-order valence-corrected chi connectivity index (χ3v) is 5.94. The van der Waals surface area contributed by atoms with Gasteiger partial charge in [-0.2, -0.15) is 18.3 Å². The first kappa shape index (κ1) is 22.8. The van der Waals surface area contributed by atoms with Gasteiger partial charge in [-0.1, -0.05) is 0 Å². The van der Waals surface area contributed by atoms with Crippen LogP contribution in [0.3, 0.4) is 0 Å². The maximum absolute atomic E-state index is 12.8. The van der Waals surface area contributed by atoms with Gasteiger partial charge < -0.3 is 15.2 Å². The highest BCUT2D eigenvalue weighted by Crippen LogP contribution is 2.29. The second-order valence-corrected chi connectivity index (χ2v) is 8.34. The zero-order chi connectivity index (χ0) is 23.6. The van der Waals surface area contributed by atoms with Crippen LogP contribution in [0.15, 0.2) is 30.5 Å². The molecule has 3 heterocycles. The predicted molar refractivity (Wildman–Crippen MR) is 115 cm³/mol. The Morgan fingerprint density at radius 2 is 1.97 bits per heavy atom. The number of carbonyl (C=O) groups excluding carboxylic acids is 2. The van der Waals surface area contributed by atoms with Crippen LogP contribution in [0.5, 0.6) is 0 Å². The summed E-state index contributed by atoms with van der Waals surface area (Å²) in [6.07, 6.45) is -0.702. The maximum atomic E-state index is 12.8. The molecule has 11 heteroatoms. The minimum atomic E-state index is -4.56. The number of nitrogens with one attached hydrogen (secondary N) is 2. The number of anilines is 1. The van der Waals surface area contributed by atoms with Gasteiger partial charge in [-0.3, -0.25) is 14.3 Å². The molecule has 1 aliphatic heterocycles. The highest BCUT2D eigenvalue weighted by Gasteiger charge is 2.34. The summed E-state index contributed by atoms with van der Waals surface area (Å²) in [6.45, 7) is 3.70. The molecule has 0 aliphatic carbocycles. The summed E-state index contributed by atoms with van der Waals surface area (Å²) in [5.74, 6) is -1.04. The molecule has 0 radical (unpaired) electrons. The maximum Gasteiger partial charge on any atom is 0.449 e. The minimum absolute atomic E-state index is 0.0823. The molecule has 4 rings (SSSR count). The summed E-state index contributed by atoms with van der Waals surface area (Å²) >= 11 is 0. The molecule has 2 amide bonds. The summed E-state index contributed by atoms with van der Waals surface area (Å²) in [5.41, 5.74) is 1.81. The van der Waals surface area contributed by atoms with E-state index in [2.05, 4.69) is 20.4 Å². The van der Waals surface area contributed by atoms with E-state index in [1.807, 2.05) is 17.9 Å². The third kappa shape index (κ3) is 5.52. The van der Waals surface area contributed by atoms with Gasteiger partial charge in [-0.15, -0.1) is 0 Å². The number of amides is 2. The highest BCUT2D eigenvalue weighted by atomic mass is 19.4. The average molecular weight is 462 g/mol. The quantitative estimate of drug-likeness (QED) is 0.583. The number of likely N-dealkylation sites (tertiary alicyclic amines) is 1. The first-order chi connectivity index (χ1) is 15.7. The molecule has 33 heavy (non-hydrogen) atoms. The van der Waals surface area contributed by atoms with Crippen molar-refractivity contribution in [1.82, 2.24) is 24.6 Å². The van der Waals surface area contributed by atoms with Crippen molar-refractivity contribution >= 4 is 28.5 Å². The number of halogens is 3. The number of aromatic nitrogens is 4. The van der Waals surface area contributed by atoms with E-state index < -0.39 is 12.0 Å². The zero-order valence-corrected chi connectivity index (χ0v) is 18.2. The summed E-state index contributed by atoms with van der Waals surface area (Å²) in [4.78, 5) is 32.5. The topological polar surface area (TPSA) is 95.9 Å². The lowest BCUT2D eigenvalue weighted by Gasteiger charge is -2.32. The van der Waals surface area contributed by atoms with Gasteiger partial charge >= 0.3 is 6.18 Å². The summed E-state index contributed by atoms with van der Waals surface area (Å²) in [6, 6.07) is 6.31. The number of alkyl halides is 3. The number of H-pyrrole nitrogens is 1. The van der Waals surface area contributed by atoms with Crippen molar-refractivity contribution in [2.45, 2.75) is 45.3 Å².